The lowest BCUT2D eigenvalue weighted by molar-refractivity contribution is -0.105. The molecule has 0 spiro atoms. The number of hydrogen-bond donors (Lipinski definition) is 1. The number of nitrogens with one attached hydrogen (secondary N) is 1. The van der Waals surface area contributed by atoms with Crippen LogP contribution in [0.1, 0.15) is 59.6 Å². The molecule has 0 aliphatic carbocycles. The van der Waals surface area contributed by atoms with E-state index in [1.54, 1.807) is 6.20 Å². The van der Waals surface area contributed by atoms with Crippen LogP contribution in [0, 0.1) is 0 Å². The Morgan fingerprint density at radius 2 is 1.81 bits per heavy atom. The van der Waals surface area contributed by atoms with Crippen molar-refractivity contribution in [3.8, 4) is 0 Å². The second-order valence-corrected chi connectivity index (χ2v) is 6.69. The van der Waals surface area contributed by atoms with E-state index in [2.05, 4.69) is 61.2 Å². The SMILES string of the molecule is C\C=C(/C(C)=C\C(CCC)=C(/C)CC)c1cc2cnc(NC=O)cc2cn1. The summed E-state index contributed by atoms with van der Waals surface area (Å²) in [5, 5.41) is 4.52. The number of amides is 1. The molecule has 0 aromatic carbocycles. The van der Waals surface area contributed by atoms with E-state index in [0.29, 0.717) is 12.2 Å². The lowest BCUT2D eigenvalue weighted by atomic mass is 9.95. The average molecular weight is 364 g/mol. The molecule has 0 radical (unpaired) electrons. The highest BCUT2D eigenvalue weighted by Crippen LogP contribution is 2.27. The summed E-state index contributed by atoms with van der Waals surface area (Å²) >= 11 is 0. The molecule has 0 atom stereocenters. The summed E-state index contributed by atoms with van der Waals surface area (Å²) in [5.41, 5.74) is 6.14. The number of carbonyl (C=O) groups excluding carboxylic acids is 1. The first-order chi connectivity index (χ1) is 13.0. The van der Waals surface area contributed by atoms with Crippen LogP contribution in [0.5, 0.6) is 0 Å². The van der Waals surface area contributed by atoms with E-state index in [4.69, 9.17) is 0 Å². The van der Waals surface area contributed by atoms with Gasteiger partial charge in [0.2, 0.25) is 6.41 Å². The minimum atomic E-state index is 0.527. The highest BCUT2D eigenvalue weighted by atomic mass is 16.1. The van der Waals surface area contributed by atoms with Gasteiger partial charge in [0.05, 0.1) is 5.69 Å². The molecule has 0 aliphatic rings. The van der Waals surface area contributed by atoms with Crippen LogP contribution in [0.15, 0.2) is 53.4 Å². The van der Waals surface area contributed by atoms with Crippen LogP contribution < -0.4 is 5.32 Å². The number of allylic oxidation sites excluding steroid dienone is 6. The zero-order valence-electron chi connectivity index (χ0n) is 17.0. The molecule has 4 nitrogen and oxygen atoms in total. The molecule has 2 heterocycles. The first kappa shape index (κ1) is 20.6. The predicted molar refractivity (Wildman–Crippen MR) is 115 cm³/mol. The molecule has 0 bridgehead atoms. The van der Waals surface area contributed by atoms with Crippen molar-refractivity contribution in [1.29, 1.82) is 0 Å². The smallest absolute Gasteiger partial charge is 0.212 e. The third kappa shape index (κ3) is 5.13. The fraction of sp³-hybridized carbons (Fsp3) is 0.348. The number of hydrogen-bond acceptors (Lipinski definition) is 3. The van der Waals surface area contributed by atoms with Gasteiger partial charge in [0.25, 0.3) is 0 Å². The largest absolute Gasteiger partial charge is 0.313 e. The summed E-state index contributed by atoms with van der Waals surface area (Å²) < 4.78 is 0. The molecule has 2 aromatic heterocycles. The van der Waals surface area contributed by atoms with Crippen molar-refractivity contribution in [2.45, 2.75) is 53.9 Å². The minimum absolute atomic E-state index is 0.527. The number of carbonyl (C=O) groups is 1. The van der Waals surface area contributed by atoms with Crippen molar-refractivity contribution in [2.75, 3.05) is 5.32 Å². The fourth-order valence-corrected chi connectivity index (χ4v) is 3.15. The topological polar surface area (TPSA) is 54.9 Å². The molecular formula is C23H29N3O. The van der Waals surface area contributed by atoms with Crippen LogP contribution in [0.2, 0.25) is 0 Å². The second-order valence-electron chi connectivity index (χ2n) is 6.69. The molecule has 2 rings (SSSR count). The number of aromatic nitrogens is 2. The van der Waals surface area contributed by atoms with E-state index in [1.807, 2.05) is 19.2 Å². The van der Waals surface area contributed by atoms with Crippen LogP contribution in [-0.4, -0.2) is 16.4 Å². The lowest BCUT2D eigenvalue weighted by Crippen LogP contribution is -1.97. The molecule has 27 heavy (non-hydrogen) atoms. The van der Waals surface area contributed by atoms with Gasteiger partial charge in [-0.05, 0) is 62.5 Å². The summed E-state index contributed by atoms with van der Waals surface area (Å²) in [4.78, 5) is 19.5. The third-order valence-corrected chi connectivity index (χ3v) is 4.79. The second kappa shape index (κ2) is 9.81. The molecule has 0 fully saturated rings. The van der Waals surface area contributed by atoms with E-state index in [1.165, 1.54) is 16.7 Å². The van der Waals surface area contributed by atoms with Crippen molar-refractivity contribution in [1.82, 2.24) is 9.97 Å². The van der Waals surface area contributed by atoms with Gasteiger partial charge in [0.1, 0.15) is 5.82 Å². The highest BCUT2D eigenvalue weighted by Gasteiger charge is 2.08. The lowest BCUT2D eigenvalue weighted by Gasteiger charge is -2.12. The van der Waals surface area contributed by atoms with Gasteiger partial charge in [0, 0.05) is 23.2 Å². The molecule has 0 saturated carbocycles. The Kier molecular flexibility index (Phi) is 7.47. The molecule has 0 saturated heterocycles. The molecule has 0 aliphatic heterocycles. The summed E-state index contributed by atoms with van der Waals surface area (Å²) in [6.45, 7) is 10.8. The number of fused-ring (bicyclic) bond motifs is 1. The van der Waals surface area contributed by atoms with Gasteiger partial charge in [-0.2, -0.15) is 0 Å². The van der Waals surface area contributed by atoms with Crippen molar-refractivity contribution in [3.63, 3.8) is 0 Å². The monoisotopic (exact) mass is 363 g/mol. The predicted octanol–water partition coefficient (Wildman–Crippen LogP) is 6.07. The van der Waals surface area contributed by atoms with E-state index in [9.17, 15) is 4.79 Å². The van der Waals surface area contributed by atoms with E-state index >= 15 is 0 Å². The molecule has 1 amide bonds. The van der Waals surface area contributed by atoms with Gasteiger partial charge in [0.15, 0.2) is 0 Å². The Morgan fingerprint density at radius 3 is 2.44 bits per heavy atom. The van der Waals surface area contributed by atoms with Gasteiger partial charge in [-0.15, -0.1) is 0 Å². The summed E-state index contributed by atoms with van der Waals surface area (Å²) in [7, 11) is 0. The normalized spacial score (nSPS) is 13.5. The van der Waals surface area contributed by atoms with Crippen molar-refractivity contribution < 1.29 is 4.79 Å². The Balaban J connectivity index is 2.43. The van der Waals surface area contributed by atoms with E-state index < -0.39 is 0 Å². The summed E-state index contributed by atoms with van der Waals surface area (Å²) in [6.07, 6.45) is 11.9. The highest BCUT2D eigenvalue weighted by molar-refractivity contribution is 5.89. The Hall–Kier alpha value is -2.75. The van der Waals surface area contributed by atoms with Gasteiger partial charge < -0.3 is 5.32 Å². The zero-order chi connectivity index (χ0) is 19.8. The van der Waals surface area contributed by atoms with Gasteiger partial charge in [-0.1, -0.05) is 38.0 Å². The van der Waals surface area contributed by atoms with Gasteiger partial charge >= 0.3 is 0 Å². The maximum Gasteiger partial charge on any atom is 0.212 e. The molecule has 1 N–H and O–H groups in total. The van der Waals surface area contributed by atoms with Crippen LogP contribution in [0.3, 0.4) is 0 Å². The number of nitrogens with zero attached hydrogens (tertiary/aromatic N) is 2. The fourth-order valence-electron chi connectivity index (χ4n) is 3.15. The third-order valence-electron chi connectivity index (χ3n) is 4.79. The van der Waals surface area contributed by atoms with Gasteiger partial charge in [-0.25, -0.2) is 4.98 Å². The first-order valence-corrected chi connectivity index (χ1v) is 9.53. The van der Waals surface area contributed by atoms with Crippen LogP contribution in [-0.2, 0) is 4.79 Å². The van der Waals surface area contributed by atoms with E-state index in [0.717, 1.165) is 41.3 Å². The Bertz CT molecular complexity index is 907. The molecule has 0 unspecified atom stereocenters. The Labute approximate surface area is 162 Å². The first-order valence-electron chi connectivity index (χ1n) is 9.53. The molecule has 142 valence electrons. The molecular weight excluding hydrogens is 334 g/mol. The Morgan fingerprint density at radius 1 is 1.11 bits per heavy atom. The van der Waals surface area contributed by atoms with Crippen LogP contribution >= 0.6 is 0 Å². The standard InChI is InChI=1S/C23H29N3O/c1-6-9-18(16(4)7-2)10-17(5)21(8-3)22-11-19-14-25-23(26-15-27)12-20(19)13-24-22/h8,10-15H,6-7,9H2,1-5H3,(H,25,26,27)/b17-10-,18-16+,21-8+. The maximum atomic E-state index is 10.6. The van der Waals surface area contributed by atoms with Crippen molar-refractivity contribution in [2.24, 2.45) is 0 Å². The van der Waals surface area contributed by atoms with Crippen molar-refractivity contribution in [3.05, 3.63) is 59.1 Å². The average Bonchev–Trinajstić information content (AvgIpc) is 2.68. The number of pyridine rings is 2. The molecule has 4 heteroatoms. The van der Waals surface area contributed by atoms with E-state index in [-0.39, 0.29) is 0 Å². The minimum Gasteiger partial charge on any atom is -0.313 e. The van der Waals surface area contributed by atoms with Crippen molar-refractivity contribution >= 4 is 28.6 Å². The quantitative estimate of drug-likeness (QED) is 0.457. The number of rotatable bonds is 8. The number of anilines is 1. The zero-order valence-corrected chi connectivity index (χ0v) is 17.0. The summed E-state index contributed by atoms with van der Waals surface area (Å²) in [5.74, 6) is 0.527. The maximum absolute atomic E-state index is 10.6. The van der Waals surface area contributed by atoms with Gasteiger partial charge in [-0.3, -0.25) is 9.78 Å². The van der Waals surface area contributed by atoms with Crippen LogP contribution in [0.25, 0.3) is 16.3 Å². The summed E-state index contributed by atoms with van der Waals surface area (Å²) in [6, 6.07) is 3.88. The molecule has 2 aromatic rings. The van der Waals surface area contributed by atoms with Crippen LogP contribution in [0.4, 0.5) is 5.82 Å².